The quantitative estimate of drug-likeness (QED) is 0.685. The van der Waals surface area contributed by atoms with Crippen molar-refractivity contribution in [3.05, 3.63) is 0 Å². The molecule has 1 heterocycles. The first kappa shape index (κ1) is 12.3. The molecule has 1 atom stereocenters. The molecule has 0 amide bonds. The Labute approximate surface area is 93.7 Å². The Morgan fingerprint density at radius 2 is 2.13 bits per heavy atom. The van der Waals surface area contributed by atoms with E-state index in [-0.39, 0.29) is 0 Å². The second-order valence-corrected chi connectivity index (χ2v) is 4.70. The van der Waals surface area contributed by atoms with E-state index in [9.17, 15) is 0 Å². The summed E-state index contributed by atoms with van der Waals surface area (Å²) < 4.78 is 0. The van der Waals surface area contributed by atoms with Crippen LogP contribution in [0.4, 0.5) is 0 Å². The number of aliphatic imine (C=N–C) groups is 1. The van der Waals surface area contributed by atoms with Gasteiger partial charge in [0, 0.05) is 6.04 Å². The van der Waals surface area contributed by atoms with Crippen LogP contribution < -0.4 is 5.73 Å². The number of guanidine groups is 1. The number of nitrogens with zero attached hydrogens (tertiary/aromatic N) is 2. The van der Waals surface area contributed by atoms with Crippen LogP contribution in [0.5, 0.6) is 0 Å². The van der Waals surface area contributed by atoms with Crippen molar-refractivity contribution < 1.29 is 0 Å². The lowest BCUT2D eigenvalue weighted by atomic mass is 10.1. The van der Waals surface area contributed by atoms with Crippen molar-refractivity contribution in [3.8, 4) is 0 Å². The van der Waals surface area contributed by atoms with Crippen LogP contribution in [-0.2, 0) is 0 Å². The molecule has 0 spiro atoms. The molecule has 88 valence electrons. The molecule has 1 unspecified atom stereocenters. The van der Waals surface area contributed by atoms with Crippen molar-refractivity contribution in [3.63, 3.8) is 0 Å². The zero-order valence-corrected chi connectivity index (χ0v) is 10.4. The maximum Gasteiger partial charge on any atom is 0.191 e. The molecule has 1 aliphatic rings. The number of nitrogens with two attached hydrogens (primary N) is 1. The average molecular weight is 211 g/mol. The molecule has 0 aromatic carbocycles. The lowest BCUT2D eigenvalue weighted by molar-refractivity contribution is 0.268. The van der Waals surface area contributed by atoms with E-state index in [0.29, 0.717) is 12.1 Å². The molecule has 0 bridgehead atoms. The highest BCUT2D eigenvalue weighted by atomic mass is 15.3. The number of hydrogen-bond donors (Lipinski definition) is 1. The highest BCUT2D eigenvalue weighted by molar-refractivity contribution is 5.80. The molecule has 0 aliphatic carbocycles. The van der Waals surface area contributed by atoms with Gasteiger partial charge in [-0.1, -0.05) is 32.6 Å². The fourth-order valence-electron chi connectivity index (χ4n) is 2.28. The standard InChI is InChI=1S/C12H25N3/c1-4-5-6-7-8-11-9-14-12(13)15(11)10(2)3/h10-11H,4-9H2,1-3H3,(H2,13,14). The van der Waals surface area contributed by atoms with Gasteiger partial charge in [-0.05, 0) is 20.3 Å². The summed E-state index contributed by atoms with van der Waals surface area (Å²) in [5, 5.41) is 0. The van der Waals surface area contributed by atoms with Crippen molar-refractivity contribution in [2.45, 2.75) is 65.0 Å². The molecule has 1 rings (SSSR count). The second-order valence-electron chi connectivity index (χ2n) is 4.70. The number of hydrogen-bond acceptors (Lipinski definition) is 3. The molecule has 0 saturated heterocycles. The topological polar surface area (TPSA) is 41.6 Å². The number of unbranched alkanes of at least 4 members (excludes halogenated alkanes) is 3. The van der Waals surface area contributed by atoms with E-state index in [1.165, 1.54) is 32.1 Å². The third-order valence-electron chi connectivity index (χ3n) is 3.07. The summed E-state index contributed by atoms with van der Waals surface area (Å²) in [5.41, 5.74) is 5.88. The molecular weight excluding hydrogens is 186 g/mol. The van der Waals surface area contributed by atoms with Gasteiger partial charge in [0.05, 0.1) is 12.6 Å². The summed E-state index contributed by atoms with van der Waals surface area (Å²) in [4.78, 5) is 6.61. The zero-order chi connectivity index (χ0) is 11.3. The first-order chi connectivity index (χ1) is 7.16. The molecule has 0 aromatic rings. The van der Waals surface area contributed by atoms with E-state index in [2.05, 4.69) is 30.7 Å². The second kappa shape index (κ2) is 5.99. The fourth-order valence-corrected chi connectivity index (χ4v) is 2.28. The van der Waals surface area contributed by atoms with Gasteiger partial charge in [0.2, 0.25) is 0 Å². The molecule has 15 heavy (non-hydrogen) atoms. The van der Waals surface area contributed by atoms with Gasteiger partial charge < -0.3 is 10.6 Å². The van der Waals surface area contributed by atoms with Crippen molar-refractivity contribution in [1.82, 2.24) is 4.90 Å². The summed E-state index contributed by atoms with van der Waals surface area (Å²) >= 11 is 0. The number of rotatable bonds is 6. The van der Waals surface area contributed by atoms with Gasteiger partial charge in [-0.2, -0.15) is 0 Å². The molecule has 0 aromatic heterocycles. The highest BCUT2D eigenvalue weighted by Gasteiger charge is 2.27. The lowest BCUT2D eigenvalue weighted by Crippen LogP contribution is -2.45. The van der Waals surface area contributed by atoms with E-state index < -0.39 is 0 Å². The summed E-state index contributed by atoms with van der Waals surface area (Å²) in [7, 11) is 0. The maximum atomic E-state index is 5.88. The summed E-state index contributed by atoms with van der Waals surface area (Å²) in [6.45, 7) is 7.52. The molecule has 0 radical (unpaired) electrons. The van der Waals surface area contributed by atoms with Gasteiger partial charge in [0.25, 0.3) is 0 Å². The van der Waals surface area contributed by atoms with Crippen molar-refractivity contribution in [2.24, 2.45) is 10.7 Å². The Bertz CT molecular complexity index is 211. The first-order valence-electron chi connectivity index (χ1n) is 6.25. The smallest absolute Gasteiger partial charge is 0.191 e. The van der Waals surface area contributed by atoms with Gasteiger partial charge in [0.15, 0.2) is 5.96 Å². The van der Waals surface area contributed by atoms with Crippen LogP contribution in [0.1, 0.15) is 52.9 Å². The molecule has 0 saturated carbocycles. The average Bonchev–Trinajstić information content (AvgIpc) is 2.54. The van der Waals surface area contributed by atoms with Crippen molar-refractivity contribution >= 4 is 5.96 Å². The molecular formula is C12H25N3. The monoisotopic (exact) mass is 211 g/mol. The summed E-state index contributed by atoms with van der Waals surface area (Å²) in [6, 6.07) is 1.04. The third kappa shape index (κ3) is 3.40. The SMILES string of the molecule is CCCCCCC1CN=C(N)N1C(C)C. The molecule has 3 nitrogen and oxygen atoms in total. The Hall–Kier alpha value is -0.730. The van der Waals surface area contributed by atoms with E-state index >= 15 is 0 Å². The van der Waals surface area contributed by atoms with Gasteiger partial charge >= 0.3 is 0 Å². The maximum absolute atomic E-state index is 5.88. The van der Waals surface area contributed by atoms with E-state index in [1.807, 2.05) is 0 Å². The van der Waals surface area contributed by atoms with Gasteiger partial charge in [0.1, 0.15) is 0 Å². The minimum Gasteiger partial charge on any atom is -0.370 e. The Kier molecular flexibility index (Phi) is 4.92. The van der Waals surface area contributed by atoms with Crippen molar-refractivity contribution in [2.75, 3.05) is 6.54 Å². The van der Waals surface area contributed by atoms with E-state index in [0.717, 1.165) is 12.5 Å². The summed E-state index contributed by atoms with van der Waals surface area (Å²) in [5.74, 6) is 0.741. The van der Waals surface area contributed by atoms with Gasteiger partial charge in [-0.15, -0.1) is 0 Å². The molecule has 0 fully saturated rings. The highest BCUT2D eigenvalue weighted by Crippen LogP contribution is 2.18. The molecule has 1 aliphatic heterocycles. The normalized spacial score (nSPS) is 21.2. The van der Waals surface area contributed by atoms with Crippen LogP contribution in [0.2, 0.25) is 0 Å². The third-order valence-corrected chi connectivity index (χ3v) is 3.07. The molecule has 3 heteroatoms. The lowest BCUT2D eigenvalue weighted by Gasteiger charge is -2.30. The van der Waals surface area contributed by atoms with Crippen molar-refractivity contribution in [1.29, 1.82) is 0 Å². The zero-order valence-electron chi connectivity index (χ0n) is 10.4. The van der Waals surface area contributed by atoms with Crippen LogP contribution in [0.25, 0.3) is 0 Å². The Balaban J connectivity index is 2.30. The van der Waals surface area contributed by atoms with E-state index in [4.69, 9.17) is 5.73 Å². The Morgan fingerprint density at radius 3 is 2.73 bits per heavy atom. The van der Waals surface area contributed by atoms with Crippen LogP contribution in [0.15, 0.2) is 4.99 Å². The molecule has 2 N–H and O–H groups in total. The summed E-state index contributed by atoms with van der Waals surface area (Å²) in [6.07, 6.45) is 6.55. The van der Waals surface area contributed by atoms with Crippen LogP contribution in [0, 0.1) is 0 Å². The minimum atomic E-state index is 0.479. The predicted octanol–water partition coefficient (Wildman–Crippen LogP) is 2.36. The largest absolute Gasteiger partial charge is 0.370 e. The van der Waals surface area contributed by atoms with Gasteiger partial charge in [-0.3, -0.25) is 4.99 Å². The minimum absolute atomic E-state index is 0.479. The van der Waals surface area contributed by atoms with Crippen LogP contribution in [0.3, 0.4) is 0 Å². The fraction of sp³-hybridized carbons (Fsp3) is 0.917. The van der Waals surface area contributed by atoms with Crippen LogP contribution >= 0.6 is 0 Å². The predicted molar refractivity (Wildman–Crippen MR) is 66.0 cm³/mol. The van der Waals surface area contributed by atoms with Gasteiger partial charge in [-0.25, -0.2) is 0 Å². The first-order valence-corrected chi connectivity index (χ1v) is 6.25. The van der Waals surface area contributed by atoms with Crippen LogP contribution in [-0.4, -0.2) is 29.5 Å². The Morgan fingerprint density at radius 1 is 1.40 bits per heavy atom. The van der Waals surface area contributed by atoms with E-state index in [1.54, 1.807) is 0 Å².